The number of phenolic OH excluding ortho intramolecular Hbond substituents is 1. The third-order valence-electron chi connectivity index (χ3n) is 4.77. The van der Waals surface area contributed by atoms with E-state index in [1.54, 1.807) is 18.2 Å². The maximum Gasteiger partial charge on any atom is 0.165 e. The Labute approximate surface area is 193 Å². The highest BCUT2D eigenvalue weighted by atomic mass is 35.5. The number of hydrogen-bond donors (Lipinski definition) is 3. The van der Waals surface area contributed by atoms with Crippen LogP contribution in [0.15, 0.2) is 36.4 Å². The maximum atomic E-state index is 13.3. The van der Waals surface area contributed by atoms with E-state index in [9.17, 15) is 14.6 Å². The summed E-state index contributed by atoms with van der Waals surface area (Å²) in [4.78, 5) is 0. The lowest BCUT2D eigenvalue weighted by molar-refractivity contribution is 0.0393. The van der Waals surface area contributed by atoms with Gasteiger partial charge in [0, 0.05) is 28.8 Å². The summed E-state index contributed by atoms with van der Waals surface area (Å²) < 4.78 is 24.4. The molecule has 0 spiro atoms. The summed E-state index contributed by atoms with van der Waals surface area (Å²) in [5, 5.41) is 23.6. The van der Waals surface area contributed by atoms with Crippen molar-refractivity contribution < 1.29 is 24.1 Å². The lowest BCUT2D eigenvalue weighted by atomic mass is 10.1. The van der Waals surface area contributed by atoms with Crippen LogP contribution < -0.4 is 5.32 Å². The molecule has 8 heteroatoms. The van der Waals surface area contributed by atoms with E-state index in [1.807, 2.05) is 0 Å². The molecule has 172 valence electrons. The van der Waals surface area contributed by atoms with Crippen molar-refractivity contribution in [3.63, 3.8) is 0 Å². The molecule has 0 aliphatic heterocycles. The average molecular weight is 474 g/mol. The van der Waals surface area contributed by atoms with Crippen molar-refractivity contribution in [3.05, 3.63) is 63.4 Å². The fourth-order valence-electron chi connectivity index (χ4n) is 2.96. The zero-order valence-corrected chi connectivity index (χ0v) is 19.0. The molecule has 3 N–H and O–H groups in total. The predicted molar refractivity (Wildman–Crippen MR) is 121 cm³/mol. The number of halogens is 3. The van der Waals surface area contributed by atoms with Crippen LogP contribution in [-0.4, -0.2) is 43.1 Å². The number of hydrogen-bond acceptors (Lipinski definition) is 5. The zero-order valence-electron chi connectivity index (χ0n) is 17.5. The first kappa shape index (κ1) is 25.8. The quantitative estimate of drug-likeness (QED) is 0.308. The van der Waals surface area contributed by atoms with Crippen LogP contribution in [0.5, 0.6) is 5.75 Å². The van der Waals surface area contributed by atoms with Gasteiger partial charge in [-0.15, -0.1) is 0 Å². The number of unbranched alkanes of at least 4 members (excludes halogenated alkanes) is 3. The van der Waals surface area contributed by atoms with Gasteiger partial charge in [0.25, 0.3) is 0 Å². The first-order chi connectivity index (χ1) is 15.0. The monoisotopic (exact) mass is 473 g/mol. The summed E-state index contributed by atoms with van der Waals surface area (Å²) in [6.45, 7) is 3.18. The number of benzene rings is 2. The molecule has 1 atom stereocenters. The second kappa shape index (κ2) is 14.6. The van der Waals surface area contributed by atoms with Gasteiger partial charge < -0.3 is 25.0 Å². The summed E-state index contributed by atoms with van der Waals surface area (Å²) in [5.74, 6) is -1.14. The van der Waals surface area contributed by atoms with Crippen molar-refractivity contribution in [1.82, 2.24) is 5.32 Å². The van der Waals surface area contributed by atoms with Crippen molar-refractivity contribution >= 4 is 23.2 Å². The van der Waals surface area contributed by atoms with Gasteiger partial charge in [-0.25, -0.2) is 4.39 Å². The number of phenols is 1. The first-order valence-electron chi connectivity index (χ1n) is 10.4. The van der Waals surface area contributed by atoms with Crippen LogP contribution in [-0.2, 0) is 16.1 Å². The lowest BCUT2D eigenvalue weighted by Gasteiger charge is -2.12. The van der Waals surface area contributed by atoms with Crippen LogP contribution in [0.3, 0.4) is 0 Å². The van der Waals surface area contributed by atoms with E-state index in [0.29, 0.717) is 48.6 Å². The van der Waals surface area contributed by atoms with E-state index in [0.717, 1.165) is 43.9 Å². The molecule has 31 heavy (non-hydrogen) atoms. The Morgan fingerprint density at radius 3 is 2.39 bits per heavy atom. The molecule has 2 aromatic rings. The highest BCUT2D eigenvalue weighted by molar-refractivity contribution is 6.35. The normalized spacial score (nSPS) is 12.3. The number of aliphatic hydroxyl groups is 1. The van der Waals surface area contributed by atoms with Gasteiger partial charge >= 0.3 is 0 Å². The second-order valence-corrected chi connectivity index (χ2v) is 8.02. The van der Waals surface area contributed by atoms with Crippen LogP contribution in [0.1, 0.15) is 42.9 Å². The molecule has 2 aromatic carbocycles. The Balaban J connectivity index is 1.40. The van der Waals surface area contributed by atoms with Gasteiger partial charge in [0.2, 0.25) is 0 Å². The van der Waals surface area contributed by atoms with Crippen LogP contribution >= 0.6 is 23.2 Å². The average Bonchev–Trinajstić information content (AvgIpc) is 2.75. The summed E-state index contributed by atoms with van der Waals surface area (Å²) >= 11 is 12.2. The fraction of sp³-hybridized carbons (Fsp3) is 0.478. The van der Waals surface area contributed by atoms with Gasteiger partial charge in [0.05, 0.1) is 25.9 Å². The molecule has 0 bridgehead atoms. The van der Waals surface area contributed by atoms with Gasteiger partial charge in [0.1, 0.15) is 0 Å². The Morgan fingerprint density at radius 2 is 1.65 bits per heavy atom. The predicted octanol–water partition coefficient (Wildman–Crippen LogP) is 5.25. The Hall–Kier alpha value is -1.41. The molecule has 0 aliphatic carbocycles. The molecule has 0 heterocycles. The topological polar surface area (TPSA) is 71.0 Å². The molecule has 0 radical (unpaired) electrons. The summed E-state index contributed by atoms with van der Waals surface area (Å²) in [5.41, 5.74) is 1.24. The molecule has 0 amide bonds. The molecule has 0 saturated heterocycles. The SMILES string of the molecule is Oc1ccc([C@@H](O)CNCCCCCCOCCOCc2c(Cl)cccc2Cl)cc1F. The summed E-state index contributed by atoms with van der Waals surface area (Å²) in [7, 11) is 0. The molecule has 0 aliphatic rings. The van der Waals surface area contributed by atoms with E-state index in [-0.39, 0.29) is 0 Å². The van der Waals surface area contributed by atoms with Gasteiger partial charge in [-0.05, 0) is 49.2 Å². The highest BCUT2D eigenvalue weighted by Crippen LogP contribution is 2.24. The number of rotatable bonds is 15. The van der Waals surface area contributed by atoms with E-state index in [4.69, 9.17) is 32.7 Å². The van der Waals surface area contributed by atoms with Crippen LogP contribution in [0.2, 0.25) is 10.0 Å². The molecule has 0 fully saturated rings. The minimum atomic E-state index is -0.806. The third-order valence-corrected chi connectivity index (χ3v) is 5.47. The third kappa shape index (κ3) is 9.73. The van der Waals surface area contributed by atoms with Crippen LogP contribution in [0, 0.1) is 5.82 Å². The fourth-order valence-corrected chi connectivity index (χ4v) is 3.47. The van der Waals surface area contributed by atoms with E-state index in [2.05, 4.69) is 5.32 Å². The zero-order chi connectivity index (χ0) is 22.5. The van der Waals surface area contributed by atoms with E-state index in [1.165, 1.54) is 12.1 Å². The number of aromatic hydroxyl groups is 1. The lowest BCUT2D eigenvalue weighted by Crippen LogP contribution is -2.22. The second-order valence-electron chi connectivity index (χ2n) is 7.21. The van der Waals surface area contributed by atoms with Crippen LogP contribution in [0.4, 0.5) is 4.39 Å². The largest absolute Gasteiger partial charge is 0.505 e. The molecule has 2 rings (SSSR count). The van der Waals surface area contributed by atoms with Gasteiger partial charge in [-0.1, -0.05) is 48.2 Å². The van der Waals surface area contributed by atoms with Crippen LogP contribution in [0.25, 0.3) is 0 Å². The number of ether oxygens (including phenoxy) is 2. The highest BCUT2D eigenvalue weighted by Gasteiger charge is 2.10. The van der Waals surface area contributed by atoms with E-state index < -0.39 is 17.7 Å². The van der Waals surface area contributed by atoms with Crippen molar-refractivity contribution in [2.45, 2.75) is 38.4 Å². The molecular weight excluding hydrogens is 444 g/mol. The molecule has 0 unspecified atom stereocenters. The van der Waals surface area contributed by atoms with Gasteiger partial charge in [-0.2, -0.15) is 0 Å². The van der Waals surface area contributed by atoms with Crippen molar-refractivity contribution in [3.8, 4) is 5.75 Å². The number of aliphatic hydroxyl groups excluding tert-OH is 1. The van der Waals surface area contributed by atoms with Crippen molar-refractivity contribution in [2.24, 2.45) is 0 Å². The van der Waals surface area contributed by atoms with Crippen molar-refractivity contribution in [2.75, 3.05) is 32.9 Å². The minimum absolute atomic E-state index is 0.340. The Bertz CT molecular complexity index is 774. The van der Waals surface area contributed by atoms with E-state index >= 15 is 0 Å². The Kier molecular flexibility index (Phi) is 12.2. The number of nitrogens with one attached hydrogen (secondary N) is 1. The smallest absolute Gasteiger partial charge is 0.165 e. The molecule has 0 saturated carbocycles. The molecule has 0 aromatic heterocycles. The van der Waals surface area contributed by atoms with Gasteiger partial charge in [-0.3, -0.25) is 0 Å². The summed E-state index contributed by atoms with van der Waals surface area (Å²) in [6, 6.07) is 9.29. The maximum absolute atomic E-state index is 13.3. The first-order valence-corrected chi connectivity index (χ1v) is 11.2. The standard InChI is InChI=1S/C23H30Cl2FNO4/c24-19-6-5-7-20(25)18(19)16-31-13-12-30-11-4-2-1-3-10-27-15-23(29)17-8-9-22(28)21(26)14-17/h5-9,14,23,27-29H,1-4,10-13,15-16H2/t23-/m0/s1. The van der Waals surface area contributed by atoms with Gasteiger partial charge in [0.15, 0.2) is 11.6 Å². The molecule has 5 nitrogen and oxygen atoms in total. The van der Waals surface area contributed by atoms with Crippen molar-refractivity contribution in [1.29, 1.82) is 0 Å². The Morgan fingerprint density at radius 1 is 0.935 bits per heavy atom. The molecular formula is C23H30Cl2FNO4. The summed E-state index contributed by atoms with van der Waals surface area (Å²) in [6.07, 6.45) is 3.27. The minimum Gasteiger partial charge on any atom is -0.505 e.